The van der Waals surface area contributed by atoms with Crippen LogP contribution in [0.4, 0.5) is 0 Å². The van der Waals surface area contributed by atoms with E-state index in [1.54, 1.807) is 6.07 Å². The molecule has 0 saturated carbocycles. The van der Waals surface area contributed by atoms with E-state index in [0.29, 0.717) is 24.9 Å². The lowest BCUT2D eigenvalue weighted by atomic mass is 10.0. The fourth-order valence-electron chi connectivity index (χ4n) is 2.59. The average molecular weight is 313 g/mol. The molecule has 0 saturated heterocycles. The summed E-state index contributed by atoms with van der Waals surface area (Å²) < 4.78 is 10.6. The summed E-state index contributed by atoms with van der Waals surface area (Å²) in [5, 5.41) is 12.0. The van der Waals surface area contributed by atoms with Crippen LogP contribution < -0.4 is 14.8 Å². The zero-order chi connectivity index (χ0) is 16.1. The third kappa shape index (κ3) is 3.63. The summed E-state index contributed by atoms with van der Waals surface area (Å²) in [6.45, 7) is 0.824. The molecule has 2 aromatic rings. The van der Waals surface area contributed by atoms with E-state index in [1.165, 1.54) is 0 Å². The smallest absolute Gasteiger partial charge is 0.251 e. The van der Waals surface area contributed by atoms with Crippen LogP contribution in [0.1, 0.15) is 21.5 Å². The van der Waals surface area contributed by atoms with Crippen molar-refractivity contribution in [1.29, 1.82) is 0 Å². The van der Waals surface area contributed by atoms with Gasteiger partial charge in [0.15, 0.2) is 11.5 Å². The minimum atomic E-state index is -0.116. The quantitative estimate of drug-likeness (QED) is 0.855. The van der Waals surface area contributed by atoms with Crippen molar-refractivity contribution in [3.05, 3.63) is 59.2 Å². The number of nitrogens with one attached hydrogen (secondary N) is 1. The second kappa shape index (κ2) is 7.15. The van der Waals surface area contributed by atoms with Crippen molar-refractivity contribution < 1.29 is 19.4 Å². The molecule has 1 aliphatic heterocycles. The van der Waals surface area contributed by atoms with E-state index < -0.39 is 0 Å². The van der Waals surface area contributed by atoms with Gasteiger partial charge >= 0.3 is 0 Å². The summed E-state index contributed by atoms with van der Waals surface area (Å²) in [7, 11) is 0. The Kier molecular flexibility index (Phi) is 4.78. The Balaban J connectivity index is 1.57. The highest BCUT2D eigenvalue weighted by atomic mass is 16.7. The van der Waals surface area contributed by atoms with Crippen molar-refractivity contribution >= 4 is 5.91 Å². The first kappa shape index (κ1) is 15.4. The van der Waals surface area contributed by atoms with Gasteiger partial charge in [-0.15, -0.1) is 0 Å². The van der Waals surface area contributed by atoms with Crippen molar-refractivity contribution in [2.24, 2.45) is 0 Å². The highest BCUT2D eigenvalue weighted by molar-refractivity contribution is 5.95. The van der Waals surface area contributed by atoms with Crippen molar-refractivity contribution in [3.8, 4) is 11.5 Å². The maximum Gasteiger partial charge on any atom is 0.251 e. The maximum atomic E-state index is 12.3. The molecule has 3 rings (SSSR count). The Hall–Kier alpha value is -2.53. The number of rotatable bonds is 6. The second-order valence-corrected chi connectivity index (χ2v) is 5.32. The molecule has 0 aliphatic carbocycles. The molecule has 0 radical (unpaired) electrons. The van der Waals surface area contributed by atoms with E-state index in [-0.39, 0.29) is 19.3 Å². The molecule has 120 valence electrons. The van der Waals surface area contributed by atoms with Crippen LogP contribution in [-0.2, 0) is 12.8 Å². The van der Waals surface area contributed by atoms with Crippen LogP contribution in [0.3, 0.4) is 0 Å². The number of aliphatic hydroxyl groups is 1. The molecule has 1 heterocycles. The van der Waals surface area contributed by atoms with Gasteiger partial charge in [-0.2, -0.15) is 0 Å². The highest BCUT2D eigenvalue weighted by Crippen LogP contribution is 2.32. The SMILES string of the molecule is O=C(NCCc1ccc2c(c1)OCO2)c1ccccc1CCO. The monoisotopic (exact) mass is 313 g/mol. The number of aliphatic hydroxyl groups excluding tert-OH is 1. The third-order valence-electron chi connectivity index (χ3n) is 3.78. The van der Waals surface area contributed by atoms with Crippen LogP contribution in [0.25, 0.3) is 0 Å². The van der Waals surface area contributed by atoms with E-state index in [2.05, 4.69) is 5.32 Å². The Morgan fingerprint density at radius 1 is 1.09 bits per heavy atom. The van der Waals surface area contributed by atoms with Crippen molar-refractivity contribution in [2.75, 3.05) is 19.9 Å². The number of carbonyl (C=O) groups excluding carboxylic acids is 1. The molecule has 0 aromatic heterocycles. The molecule has 23 heavy (non-hydrogen) atoms. The highest BCUT2D eigenvalue weighted by Gasteiger charge is 2.13. The first-order valence-electron chi connectivity index (χ1n) is 7.63. The van der Waals surface area contributed by atoms with Crippen LogP contribution in [0.2, 0.25) is 0 Å². The molecule has 0 spiro atoms. The van der Waals surface area contributed by atoms with Gasteiger partial charge in [0.25, 0.3) is 5.91 Å². The van der Waals surface area contributed by atoms with Crippen LogP contribution in [-0.4, -0.2) is 31.0 Å². The van der Waals surface area contributed by atoms with Crippen LogP contribution >= 0.6 is 0 Å². The number of fused-ring (bicyclic) bond motifs is 1. The summed E-state index contributed by atoms with van der Waals surface area (Å²) in [4.78, 5) is 12.3. The standard InChI is InChI=1S/C18H19NO4/c20-10-8-14-3-1-2-4-15(14)18(21)19-9-7-13-5-6-16-17(11-13)23-12-22-16/h1-6,11,20H,7-10,12H2,(H,19,21). The van der Waals surface area contributed by atoms with E-state index in [4.69, 9.17) is 14.6 Å². The number of hydrogen-bond acceptors (Lipinski definition) is 4. The summed E-state index contributed by atoms with van der Waals surface area (Å²) in [6, 6.07) is 13.1. The van der Waals surface area contributed by atoms with Crippen molar-refractivity contribution in [3.63, 3.8) is 0 Å². The van der Waals surface area contributed by atoms with Gasteiger partial charge in [-0.05, 0) is 42.2 Å². The average Bonchev–Trinajstić information content (AvgIpc) is 3.03. The largest absolute Gasteiger partial charge is 0.454 e. The molecule has 2 aromatic carbocycles. The summed E-state index contributed by atoms with van der Waals surface area (Å²) >= 11 is 0. The van der Waals surface area contributed by atoms with E-state index >= 15 is 0 Å². The zero-order valence-electron chi connectivity index (χ0n) is 12.7. The number of hydrogen-bond donors (Lipinski definition) is 2. The number of carbonyl (C=O) groups is 1. The predicted octanol–water partition coefficient (Wildman–Crippen LogP) is 1.92. The number of amides is 1. The van der Waals surface area contributed by atoms with Gasteiger partial charge in [0.2, 0.25) is 6.79 Å². The number of ether oxygens (including phenoxy) is 2. The van der Waals surface area contributed by atoms with Gasteiger partial charge in [0.1, 0.15) is 0 Å². The first-order chi connectivity index (χ1) is 11.3. The van der Waals surface area contributed by atoms with E-state index in [0.717, 1.165) is 22.6 Å². The van der Waals surface area contributed by atoms with Gasteiger partial charge in [0, 0.05) is 18.7 Å². The molecule has 1 amide bonds. The molecule has 0 unspecified atom stereocenters. The third-order valence-corrected chi connectivity index (χ3v) is 3.78. The van der Waals surface area contributed by atoms with E-state index in [9.17, 15) is 4.79 Å². The van der Waals surface area contributed by atoms with Crippen LogP contribution in [0, 0.1) is 0 Å². The molecular formula is C18H19NO4. The molecule has 0 bridgehead atoms. The fraction of sp³-hybridized carbons (Fsp3) is 0.278. The van der Waals surface area contributed by atoms with Crippen LogP contribution in [0.15, 0.2) is 42.5 Å². The summed E-state index contributed by atoms with van der Waals surface area (Å²) in [5.74, 6) is 1.40. The molecule has 1 aliphatic rings. The molecule has 0 fully saturated rings. The van der Waals surface area contributed by atoms with Gasteiger partial charge < -0.3 is 19.9 Å². The molecule has 2 N–H and O–H groups in total. The molecular weight excluding hydrogens is 294 g/mol. The first-order valence-corrected chi connectivity index (χ1v) is 7.63. The molecule has 5 heteroatoms. The Bertz CT molecular complexity index is 699. The van der Waals surface area contributed by atoms with Gasteiger partial charge in [-0.3, -0.25) is 4.79 Å². The topological polar surface area (TPSA) is 67.8 Å². The van der Waals surface area contributed by atoms with Gasteiger partial charge in [0.05, 0.1) is 0 Å². The lowest BCUT2D eigenvalue weighted by Gasteiger charge is -2.09. The predicted molar refractivity (Wildman–Crippen MR) is 85.8 cm³/mol. The lowest BCUT2D eigenvalue weighted by molar-refractivity contribution is 0.0953. The Labute approximate surface area is 134 Å². The van der Waals surface area contributed by atoms with Gasteiger partial charge in [-0.1, -0.05) is 24.3 Å². The maximum absolute atomic E-state index is 12.3. The normalized spacial score (nSPS) is 12.2. The zero-order valence-corrected chi connectivity index (χ0v) is 12.7. The fourth-order valence-corrected chi connectivity index (χ4v) is 2.59. The summed E-state index contributed by atoms with van der Waals surface area (Å²) in [5.41, 5.74) is 2.56. The second-order valence-electron chi connectivity index (χ2n) is 5.32. The van der Waals surface area contributed by atoms with Crippen molar-refractivity contribution in [2.45, 2.75) is 12.8 Å². The number of benzene rings is 2. The summed E-state index contributed by atoms with van der Waals surface area (Å²) in [6.07, 6.45) is 1.19. The van der Waals surface area contributed by atoms with E-state index in [1.807, 2.05) is 36.4 Å². The Morgan fingerprint density at radius 2 is 1.91 bits per heavy atom. The molecule has 0 atom stereocenters. The van der Waals surface area contributed by atoms with Crippen LogP contribution in [0.5, 0.6) is 11.5 Å². The van der Waals surface area contributed by atoms with Crippen molar-refractivity contribution in [1.82, 2.24) is 5.32 Å². The molecule has 5 nitrogen and oxygen atoms in total. The minimum absolute atomic E-state index is 0.0293. The lowest BCUT2D eigenvalue weighted by Crippen LogP contribution is -2.26. The van der Waals surface area contributed by atoms with Gasteiger partial charge in [-0.25, -0.2) is 0 Å². The Morgan fingerprint density at radius 3 is 2.78 bits per heavy atom. The minimum Gasteiger partial charge on any atom is -0.454 e.